The molecule has 0 radical (unpaired) electrons. The second-order valence-corrected chi connectivity index (χ2v) is 4.21. The molecule has 0 aromatic heterocycles. The van der Waals surface area contributed by atoms with Crippen molar-refractivity contribution in [2.75, 3.05) is 11.4 Å². The predicted octanol–water partition coefficient (Wildman–Crippen LogP) is 1.70. The first kappa shape index (κ1) is 11.9. The summed E-state index contributed by atoms with van der Waals surface area (Å²) in [5.74, 6) is 0.692. The lowest BCUT2D eigenvalue weighted by Gasteiger charge is -2.33. The topological polar surface area (TPSA) is 49.8 Å². The number of anilines is 1. The third-order valence-electron chi connectivity index (χ3n) is 2.86. The van der Waals surface area contributed by atoms with Crippen LogP contribution in [-0.4, -0.2) is 23.7 Å². The van der Waals surface area contributed by atoms with Gasteiger partial charge in [-0.05, 0) is 31.0 Å². The van der Waals surface area contributed by atoms with Gasteiger partial charge in [-0.3, -0.25) is 4.79 Å². The summed E-state index contributed by atoms with van der Waals surface area (Å²) in [7, 11) is 0. The van der Waals surface area contributed by atoms with Crippen molar-refractivity contribution in [2.45, 2.75) is 33.0 Å². The zero-order valence-corrected chi connectivity index (χ0v) is 10.1. The minimum absolute atomic E-state index is 0.0190. The van der Waals surface area contributed by atoms with Gasteiger partial charge in [0, 0.05) is 6.54 Å². The molecule has 1 aromatic carbocycles. The fourth-order valence-corrected chi connectivity index (χ4v) is 2.01. The van der Waals surface area contributed by atoms with Crippen molar-refractivity contribution in [1.29, 1.82) is 0 Å². The smallest absolute Gasteiger partial charge is 0.267 e. The molecule has 1 aliphatic heterocycles. The Morgan fingerprint density at radius 2 is 2.24 bits per heavy atom. The van der Waals surface area contributed by atoms with Crippen LogP contribution in [0, 0.1) is 0 Å². The van der Waals surface area contributed by atoms with E-state index in [9.17, 15) is 4.79 Å². The number of carbonyl (C=O) groups is 1. The van der Waals surface area contributed by atoms with E-state index in [1.54, 1.807) is 11.8 Å². The number of nitrogens with zero attached hydrogens (tertiary/aromatic N) is 1. The Balaban J connectivity index is 2.43. The molecule has 2 rings (SSSR count). The van der Waals surface area contributed by atoms with Gasteiger partial charge in [0.15, 0.2) is 6.10 Å². The Kier molecular flexibility index (Phi) is 3.33. The van der Waals surface area contributed by atoms with Gasteiger partial charge in [0.25, 0.3) is 5.91 Å². The summed E-state index contributed by atoms with van der Waals surface area (Å²) in [6.07, 6.45) is 0.454. The summed E-state index contributed by atoms with van der Waals surface area (Å²) < 4.78 is 5.55. The van der Waals surface area contributed by atoms with Gasteiger partial charge in [-0.25, -0.2) is 0 Å². The molecule has 17 heavy (non-hydrogen) atoms. The second kappa shape index (κ2) is 4.75. The van der Waals surface area contributed by atoms with E-state index in [-0.39, 0.29) is 12.5 Å². The maximum absolute atomic E-state index is 12.0. The predicted molar refractivity (Wildman–Crippen MR) is 65.1 cm³/mol. The number of amides is 1. The molecule has 1 aliphatic rings. The number of hydrogen-bond donors (Lipinski definition) is 1. The number of fused-ring (bicyclic) bond motifs is 1. The van der Waals surface area contributed by atoms with Gasteiger partial charge in [-0.2, -0.15) is 0 Å². The van der Waals surface area contributed by atoms with Gasteiger partial charge in [-0.15, -0.1) is 0 Å². The summed E-state index contributed by atoms with van der Waals surface area (Å²) in [5.41, 5.74) is 1.55. The Bertz CT molecular complexity index is 431. The highest BCUT2D eigenvalue weighted by atomic mass is 16.5. The maximum Gasteiger partial charge on any atom is 0.267 e. The average molecular weight is 235 g/mol. The summed E-state index contributed by atoms with van der Waals surface area (Å²) in [6.45, 7) is 4.43. The Morgan fingerprint density at radius 3 is 2.88 bits per heavy atom. The first-order valence-electron chi connectivity index (χ1n) is 5.89. The van der Waals surface area contributed by atoms with Crippen LogP contribution in [-0.2, 0) is 11.4 Å². The van der Waals surface area contributed by atoms with E-state index in [0.717, 1.165) is 17.7 Å². The van der Waals surface area contributed by atoms with E-state index in [1.807, 2.05) is 25.1 Å². The van der Waals surface area contributed by atoms with Gasteiger partial charge in [0.2, 0.25) is 0 Å². The van der Waals surface area contributed by atoms with E-state index in [2.05, 4.69) is 0 Å². The molecule has 4 heteroatoms. The fourth-order valence-electron chi connectivity index (χ4n) is 2.01. The summed E-state index contributed by atoms with van der Waals surface area (Å²) in [4.78, 5) is 13.8. The van der Waals surface area contributed by atoms with Crippen LogP contribution in [0.15, 0.2) is 18.2 Å². The molecule has 0 saturated heterocycles. The lowest BCUT2D eigenvalue weighted by Crippen LogP contribution is -2.44. The second-order valence-electron chi connectivity index (χ2n) is 4.21. The number of aliphatic hydroxyl groups is 1. The number of rotatable bonds is 3. The first-order chi connectivity index (χ1) is 8.17. The van der Waals surface area contributed by atoms with E-state index >= 15 is 0 Å². The molecule has 0 fully saturated rings. The van der Waals surface area contributed by atoms with Crippen LogP contribution in [0.4, 0.5) is 5.69 Å². The molecule has 0 aliphatic carbocycles. The number of benzene rings is 1. The minimum Gasteiger partial charge on any atom is -0.479 e. The highest BCUT2D eigenvalue weighted by Gasteiger charge is 2.30. The normalized spacial score (nSPS) is 18.9. The van der Waals surface area contributed by atoms with E-state index < -0.39 is 6.10 Å². The molecule has 1 atom stereocenters. The Hall–Kier alpha value is -1.55. The number of aliphatic hydroxyl groups excluding tert-OH is 1. The third kappa shape index (κ3) is 2.13. The van der Waals surface area contributed by atoms with Crippen molar-refractivity contribution >= 4 is 11.6 Å². The zero-order valence-electron chi connectivity index (χ0n) is 10.1. The maximum atomic E-state index is 12.0. The molecule has 1 aromatic rings. The molecule has 1 N–H and O–H groups in total. The largest absolute Gasteiger partial charge is 0.479 e. The highest BCUT2D eigenvalue weighted by Crippen LogP contribution is 2.34. The SMILES string of the molecule is CCCN1C(=O)C(C)Oc2ccc(CO)cc21. The van der Waals surface area contributed by atoms with Crippen molar-refractivity contribution in [3.8, 4) is 5.75 Å². The van der Waals surface area contributed by atoms with E-state index in [0.29, 0.717) is 12.3 Å². The standard InChI is InChI=1S/C13H17NO3/c1-3-6-14-11-7-10(8-15)4-5-12(11)17-9(2)13(14)16/h4-5,7,9,15H,3,6,8H2,1-2H3. The van der Waals surface area contributed by atoms with Crippen LogP contribution >= 0.6 is 0 Å². The zero-order chi connectivity index (χ0) is 12.4. The third-order valence-corrected chi connectivity index (χ3v) is 2.86. The highest BCUT2D eigenvalue weighted by molar-refractivity contribution is 5.99. The molecule has 1 heterocycles. The minimum atomic E-state index is -0.436. The fraction of sp³-hybridized carbons (Fsp3) is 0.462. The molecule has 0 saturated carbocycles. The average Bonchev–Trinajstić information content (AvgIpc) is 2.34. The van der Waals surface area contributed by atoms with Gasteiger partial charge in [0.05, 0.1) is 12.3 Å². The van der Waals surface area contributed by atoms with Crippen molar-refractivity contribution in [2.24, 2.45) is 0 Å². The molecular weight excluding hydrogens is 218 g/mol. The molecule has 4 nitrogen and oxygen atoms in total. The van der Waals surface area contributed by atoms with Gasteiger partial charge >= 0.3 is 0 Å². The molecule has 92 valence electrons. The van der Waals surface area contributed by atoms with Crippen molar-refractivity contribution in [3.05, 3.63) is 23.8 Å². The summed E-state index contributed by atoms with van der Waals surface area (Å²) in [6, 6.07) is 5.44. The Labute approximate surface area is 101 Å². The van der Waals surface area contributed by atoms with Crippen LogP contribution in [0.1, 0.15) is 25.8 Å². The van der Waals surface area contributed by atoms with Gasteiger partial charge < -0.3 is 14.7 Å². The molecule has 0 bridgehead atoms. The first-order valence-corrected chi connectivity index (χ1v) is 5.89. The quantitative estimate of drug-likeness (QED) is 0.867. The molecule has 1 unspecified atom stereocenters. The summed E-state index contributed by atoms with van der Waals surface area (Å²) in [5, 5.41) is 9.13. The Morgan fingerprint density at radius 1 is 1.47 bits per heavy atom. The van der Waals surface area contributed by atoms with Crippen molar-refractivity contribution in [1.82, 2.24) is 0 Å². The van der Waals surface area contributed by atoms with Crippen LogP contribution in [0.3, 0.4) is 0 Å². The lowest BCUT2D eigenvalue weighted by molar-refractivity contribution is -0.125. The van der Waals surface area contributed by atoms with Crippen LogP contribution < -0.4 is 9.64 Å². The number of hydrogen-bond acceptors (Lipinski definition) is 3. The summed E-state index contributed by atoms with van der Waals surface area (Å²) >= 11 is 0. The molecule has 0 spiro atoms. The lowest BCUT2D eigenvalue weighted by atomic mass is 10.1. The van der Waals surface area contributed by atoms with Gasteiger partial charge in [-0.1, -0.05) is 13.0 Å². The van der Waals surface area contributed by atoms with E-state index in [4.69, 9.17) is 9.84 Å². The monoisotopic (exact) mass is 235 g/mol. The number of carbonyl (C=O) groups excluding carboxylic acids is 1. The molecular formula is C13H17NO3. The van der Waals surface area contributed by atoms with Crippen molar-refractivity contribution < 1.29 is 14.6 Å². The van der Waals surface area contributed by atoms with Crippen molar-refractivity contribution in [3.63, 3.8) is 0 Å². The molecule has 1 amide bonds. The van der Waals surface area contributed by atoms with Crippen LogP contribution in [0.2, 0.25) is 0 Å². The van der Waals surface area contributed by atoms with Crippen LogP contribution in [0.25, 0.3) is 0 Å². The van der Waals surface area contributed by atoms with Gasteiger partial charge in [0.1, 0.15) is 5.75 Å². The van der Waals surface area contributed by atoms with E-state index in [1.165, 1.54) is 0 Å². The number of ether oxygens (including phenoxy) is 1. The van der Waals surface area contributed by atoms with Crippen LogP contribution in [0.5, 0.6) is 5.75 Å².